The van der Waals surface area contributed by atoms with E-state index < -0.39 is 0 Å². The van der Waals surface area contributed by atoms with Crippen molar-refractivity contribution in [3.63, 3.8) is 0 Å². The first-order chi connectivity index (χ1) is 8.76. The van der Waals surface area contributed by atoms with Crippen LogP contribution in [0.5, 0.6) is 0 Å². The smallest absolute Gasteiger partial charge is 0.0619 e. The van der Waals surface area contributed by atoms with Crippen molar-refractivity contribution in [3.8, 4) is 0 Å². The number of hydrogen-bond acceptors (Lipinski definition) is 2. The molecular formula is C16H25NO. The van der Waals surface area contributed by atoms with Crippen LogP contribution in [0.25, 0.3) is 0 Å². The van der Waals surface area contributed by atoms with Crippen LogP contribution in [-0.4, -0.2) is 19.3 Å². The molecule has 1 aromatic rings. The number of aryl methyl sites for hydroxylation is 1. The minimum absolute atomic E-state index is 0.412. The van der Waals surface area contributed by atoms with Crippen molar-refractivity contribution in [2.75, 3.05) is 13.2 Å². The van der Waals surface area contributed by atoms with E-state index in [4.69, 9.17) is 4.74 Å². The molecule has 100 valence electrons. The zero-order valence-electron chi connectivity index (χ0n) is 11.8. The van der Waals surface area contributed by atoms with Crippen molar-refractivity contribution >= 4 is 0 Å². The van der Waals surface area contributed by atoms with Gasteiger partial charge in [-0.25, -0.2) is 0 Å². The Balaban J connectivity index is 2.22. The molecule has 1 aliphatic rings. The number of hydrogen-bond donors (Lipinski definition) is 1. The van der Waals surface area contributed by atoms with Gasteiger partial charge in [-0.1, -0.05) is 43.7 Å². The third-order valence-electron chi connectivity index (χ3n) is 3.92. The topological polar surface area (TPSA) is 21.3 Å². The summed E-state index contributed by atoms with van der Waals surface area (Å²) in [7, 11) is 0. The van der Waals surface area contributed by atoms with Gasteiger partial charge in [-0.3, -0.25) is 0 Å². The second-order valence-corrected chi connectivity index (χ2v) is 5.22. The molecule has 3 unspecified atom stereocenters. The number of ether oxygens (including phenoxy) is 1. The molecule has 0 aliphatic carbocycles. The maximum absolute atomic E-state index is 5.85. The lowest BCUT2D eigenvalue weighted by atomic mass is 9.86. The van der Waals surface area contributed by atoms with Gasteiger partial charge in [0.05, 0.1) is 6.10 Å². The van der Waals surface area contributed by atoms with Gasteiger partial charge < -0.3 is 10.1 Å². The lowest BCUT2D eigenvalue weighted by Crippen LogP contribution is -2.32. The maximum atomic E-state index is 5.85. The Labute approximate surface area is 111 Å². The summed E-state index contributed by atoms with van der Waals surface area (Å²) >= 11 is 0. The van der Waals surface area contributed by atoms with Gasteiger partial charge in [0.25, 0.3) is 0 Å². The van der Waals surface area contributed by atoms with E-state index in [0.717, 1.165) is 19.6 Å². The van der Waals surface area contributed by atoms with Gasteiger partial charge in [0, 0.05) is 18.6 Å². The molecule has 0 bridgehead atoms. The van der Waals surface area contributed by atoms with Crippen LogP contribution in [0.3, 0.4) is 0 Å². The molecule has 0 amide bonds. The van der Waals surface area contributed by atoms with Crippen molar-refractivity contribution in [2.45, 2.75) is 45.8 Å². The fourth-order valence-electron chi connectivity index (χ4n) is 3.07. The number of nitrogens with one attached hydrogen (secondary N) is 1. The van der Waals surface area contributed by atoms with E-state index in [1.165, 1.54) is 17.5 Å². The molecule has 2 nitrogen and oxygen atoms in total. The fourth-order valence-corrected chi connectivity index (χ4v) is 3.07. The van der Waals surface area contributed by atoms with Crippen molar-refractivity contribution in [3.05, 3.63) is 35.4 Å². The lowest BCUT2D eigenvalue weighted by molar-refractivity contribution is 0.0776. The molecule has 1 aromatic carbocycles. The van der Waals surface area contributed by atoms with E-state index >= 15 is 0 Å². The van der Waals surface area contributed by atoms with Gasteiger partial charge in [0.1, 0.15) is 0 Å². The van der Waals surface area contributed by atoms with Crippen LogP contribution in [0.4, 0.5) is 0 Å². The average Bonchev–Trinajstić information content (AvgIpc) is 2.84. The summed E-state index contributed by atoms with van der Waals surface area (Å²) in [6, 6.07) is 9.30. The van der Waals surface area contributed by atoms with Crippen LogP contribution < -0.4 is 5.32 Å². The van der Waals surface area contributed by atoms with Crippen LogP contribution in [0.15, 0.2) is 24.3 Å². The van der Waals surface area contributed by atoms with Crippen molar-refractivity contribution in [1.82, 2.24) is 5.32 Å². The van der Waals surface area contributed by atoms with E-state index in [9.17, 15) is 0 Å². The third kappa shape index (κ3) is 2.93. The van der Waals surface area contributed by atoms with E-state index in [0.29, 0.717) is 18.1 Å². The molecule has 1 heterocycles. The average molecular weight is 247 g/mol. The van der Waals surface area contributed by atoms with Gasteiger partial charge in [0.15, 0.2) is 0 Å². The Kier molecular flexibility index (Phi) is 4.79. The van der Waals surface area contributed by atoms with Crippen LogP contribution in [-0.2, 0) is 4.74 Å². The van der Waals surface area contributed by atoms with E-state index in [2.05, 4.69) is 50.4 Å². The Morgan fingerprint density at radius 2 is 2.22 bits per heavy atom. The summed E-state index contributed by atoms with van der Waals surface area (Å²) in [6.45, 7) is 8.49. The van der Waals surface area contributed by atoms with Crippen molar-refractivity contribution in [2.24, 2.45) is 5.92 Å². The van der Waals surface area contributed by atoms with Gasteiger partial charge in [-0.05, 0) is 31.9 Å². The van der Waals surface area contributed by atoms with Gasteiger partial charge in [-0.15, -0.1) is 0 Å². The number of rotatable bonds is 5. The fraction of sp³-hybridized carbons (Fsp3) is 0.625. The molecule has 1 fully saturated rings. The van der Waals surface area contributed by atoms with Gasteiger partial charge in [0.2, 0.25) is 0 Å². The molecular weight excluding hydrogens is 222 g/mol. The highest BCUT2D eigenvalue weighted by molar-refractivity contribution is 5.26. The molecule has 0 aromatic heterocycles. The van der Waals surface area contributed by atoms with Crippen molar-refractivity contribution in [1.29, 1.82) is 0 Å². The van der Waals surface area contributed by atoms with E-state index in [-0.39, 0.29) is 0 Å². The molecule has 0 saturated carbocycles. The summed E-state index contributed by atoms with van der Waals surface area (Å²) in [5.41, 5.74) is 2.74. The highest BCUT2D eigenvalue weighted by Gasteiger charge is 2.33. The summed E-state index contributed by atoms with van der Waals surface area (Å²) in [6.07, 6.45) is 2.69. The summed E-state index contributed by atoms with van der Waals surface area (Å²) in [5, 5.41) is 3.65. The lowest BCUT2D eigenvalue weighted by Gasteiger charge is -2.28. The first-order valence-electron chi connectivity index (χ1n) is 7.17. The minimum atomic E-state index is 0.412. The molecule has 1 aliphatic heterocycles. The molecule has 1 saturated heterocycles. The van der Waals surface area contributed by atoms with Gasteiger partial charge in [-0.2, -0.15) is 0 Å². The monoisotopic (exact) mass is 247 g/mol. The van der Waals surface area contributed by atoms with E-state index in [1.807, 2.05) is 0 Å². The largest absolute Gasteiger partial charge is 0.378 e. The molecule has 0 spiro atoms. The summed E-state index contributed by atoms with van der Waals surface area (Å²) in [4.78, 5) is 0. The van der Waals surface area contributed by atoms with Gasteiger partial charge >= 0.3 is 0 Å². The second-order valence-electron chi connectivity index (χ2n) is 5.22. The van der Waals surface area contributed by atoms with Crippen LogP contribution in [0.1, 0.15) is 43.9 Å². The highest BCUT2D eigenvalue weighted by Crippen LogP contribution is 2.35. The van der Waals surface area contributed by atoms with Crippen LogP contribution >= 0.6 is 0 Å². The van der Waals surface area contributed by atoms with Crippen LogP contribution in [0.2, 0.25) is 0 Å². The molecule has 0 radical (unpaired) electrons. The molecule has 1 N–H and O–H groups in total. The third-order valence-corrected chi connectivity index (χ3v) is 3.92. The van der Waals surface area contributed by atoms with Crippen molar-refractivity contribution < 1.29 is 4.74 Å². The summed E-state index contributed by atoms with van der Waals surface area (Å²) < 4.78 is 5.85. The Morgan fingerprint density at radius 3 is 2.89 bits per heavy atom. The zero-order valence-corrected chi connectivity index (χ0v) is 11.8. The predicted octanol–water partition coefficient (Wildman–Crippen LogP) is 3.46. The Bertz CT molecular complexity index is 377. The maximum Gasteiger partial charge on any atom is 0.0619 e. The first kappa shape index (κ1) is 13.6. The Morgan fingerprint density at radius 1 is 1.39 bits per heavy atom. The van der Waals surface area contributed by atoms with Crippen LogP contribution in [0, 0.1) is 12.8 Å². The SMILES string of the molecule is CCNC(c1cccc(C)c1)C1CCOC1CC. The summed E-state index contributed by atoms with van der Waals surface area (Å²) in [5.74, 6) is 0.608. The standard InChI is InChI=1S/C16H25NO/c1-4-15-14(9-10-18-15)16(17-5-2)13-8-6-7-12(3)11-13/h6-8,11,14-17H,4-5,9-10H2,1-3H3. The van der Waals surface area contributed by atoms with E-state index in [1.54, 1.807) is 0 Å². The Hall–Kier alpha value is -0.860. The predicted molar refractivity (Wildman–Crippen MR) is 75.7 cm³/mol. The zero-order chi connectivity index (χ0) is 13.0. The first-order valence-corrected chi connectivity index (χ1v) is 7.17. The highest BCUT2D eigenvalue weighted by atomic mass is 16.5. The second kappa shape index (κ2) is 6.35. The molecule has 2 heteroatoms. The molecule has 3 atom stereocenters. The molecule has 18 heavy (non-hydrogen) atoms. The number of benzene rings is 1. The molecule has 2 rings (SSSR count). The quantitative estimate of drug-likeness (QED) is 0.860. The minimum Gasteiger partial charge on any atom is -0.378 e. The normalized spacial score (nSPS) is 25.3.